The molecule has 1 aliphatic rings. The molecular weight excluding hydrogens is 443 g/mol. The van der Waals surface area contributed by atoms with E-state index >= 15 is 0 Å². The van der Waals surface area contributed by atoms with Crippen molar-refractivity contribution >= 4 is 29.9 Å². The first-order valence-corrected chi connectivity index (χ1v) is 8.21. The third kappa shape index (κ3) is 7.21. The molecule has 2 N–H and O–H groups in total. The van der Waals surface area contributed by atoms with Crippen LogP contribution in [-0.4, -0.2) is 32.8 Å². The molecule has 0 aromatic heterocycles. The van der Waals surface area contributed by atoms with Crippen molar-refractivity contribution in [3.05, 3.63) is 23.8 Å². The number of nitrogens with zero attached hydrogens (tertiary/aromatic N) is 1. The topological polar surface area (TPSA) is 54.9 Å². The van der Waals surface area contributed by atoms with E-state index in [-0.39, 0.29) is 35.5 Å². The summed E-state index contributed by atoms with van der Waals surface area (Å²) in [6.45, 7) is -2.43. The number of benzene rings is 1. The Labute approximate surface area is 164 Å². The molecule has 0 bridgehead atoms. The van der Waals surface area contributed by atoms with Crippen molar-refractivity contribution in [2.24, 2.45) is 4.99 Å². The van der Waals surface area contributed by atoms with Gasteiger partial charge in [-0.2, -0.15) is 8.78 Å². The van der Waals surface area contributed by atoms with E-state index < -0.39 is 6.61 Å². The van der Waals surface area contributed by atoms with Gasteiger partial charge in [-0.15, -0.1) is 24.0 Å². The van der Waals surface area contributed by atoms with E-state index in [2.05, 4.69) is 20.4 Å². The fourth-order valence-corrected chi connectivity index (χ4v) is 2.84. The Morgan fingerprint density at radius 3 is 2.56 bits per heavy atom. The highest BCUT2D eigenvalue weighted by Gasteiger charge is 2.15. The highest BCUT2D eigenvalue weighted by atomic mass is 127. The van der Waals surface area contributed by atoms with Crippen LogP contribution in [-0.2, 0) is 6.54 Å². The van der Waals surface area contributed by atoms with Crippen molar-refractivity contribution in [3.63, 3.8) is 0 Å². The summed E-state index contributed by atoms with van der Waals surface area (Å²) in [7, 11) is 3.14. The lowest BCUT2D eigenvalue weighted by molar-refractivity contribution is -0.0512. The van der Waals surface area contributed by atoms with E-state index in [1.165, 1.54) is 26.4 Å². The maximum Gasteiger partial charge on any atom is 0.387 e. The normalized spacial score (nSPS) is 15.5. The minimum absolute atomic E-state index is 0. The molecule has 0 aliphatic heterocycles. The first-order valence-electron chi connectivity index (χ1n) is 8.21. The van der Waals surface area contributed by atoms with Crippen molar-refractivity contribution in [3.8, 4) is 11.5 Å². The molecule has 0 radical (unpaired) electrons. The van der Waals surface area contributed by atoms with Crippen LogP contribution in [0.3, 0.4) is 0 Å². The van der Waals surface area contributed by atoms with Gasteiger partial charge in [0, 0.05) is 19.6 Å². The van der Waals surface area contributed by atoms with Crippen LogP contribution in [0.5, 0.6) is 11.5 Å². The van der Waals surface area contributed by atoms with E-state index in [4.69, 9.17) is 4.74 Å². The average Bonchev–Trinajstić information content (AvgIpc) is 2.59. The van der Waals surface area contributed by atoms with Gasteiger partial charge in [-0.3, -0.25) is 4.99 Å². The highest BCUT2D eigenvalue weighted by Crippen LogP contribution is 2.29. The van der Waals surface area contributed by atoms with Crippen LogP contribution >= 0.6 is 24.0 Å². The van der Waals surface area contributed by atoms with Crippen molar-refractivity contribution in [2.75, 3.05) is 14.2 Å². The first-order chi connectivity index (χ1) is 11.6. The van der Waals surface area contributed by atoms with E-state index in [0.717, 1.165) is 18.4 Å². The van der Waals surface area contributed by atoms with Crippen LogP contribution in [0.2, 0.25) is 0 Å². The Morgan fingerprint density at radius 2 is 1.96 bits per heavy atom. The molecule has 1 aromatic rings. The minimum Gasteiger partial charge on any atom is -0.493 e. The zero-order valence-corrected chi connectivity index (χ0v) is 16.9. The van der Waals surface area contributed by atoms with Gasteiger partial charge < -0.3 is 20.1 Å². The number of nitrogens with one attached hydrogen (secondary N) is 2. The monoisotopic (exact) mass is 469 g/mol. The highest BCUT2D eigenvalue weighted by molar-refractivity contribution is 14.0. The van der Waals surface area contributed by atoms with E-state index in [1.807, 2.05) is 0 Å². The number of hydrogen-bond acceptors (Lipinski definition) is 3. The molecule has 5 nitrogen and oxygen atoms in total. The number of rotatable bonds is 6. The standard InChI is InChI=1S/C17H25F2N3O2.HI/c1-20-17(22-13-6-4-3-5-7-13)21-11-12-8-9-14(23-2)15(10-12)24-16(18)19;/h8-10,13,16H,3-7,11H2,1-2H3,(H2,20,21,22);1H. The summed E-state index contributed by atoms with van der Waals surface area (Å²) in [5.41, 5.74) is 0.804. The Balaban J connectivity index is 0.00000312. The van der Waals surface area contributed by atoms with E-state index in [0.29, 0.717) is 18.5 Å². The lowest BCUT2D eigenvalue weighted by atomic mass is 9.96. The quantitative estimate of drug-likeness (QED) is 0.377. The zero-order valence-electron chi connectivity index (χ0n) is 14.6. The second-order valence-electron chi connectivity index (χ2n) is 5.77. The SMILES string of the molecule is CN=C(NCc1ccc(OC)c(OC(F)F)c1)NC1CCCCC1.I. The molecule has 1 aliphatic carbocycles. The lowest BCUT2D eigenvalue weighted by Crippen LogP contribution is -2.43. The molecule has 1 aromatic carbocycles. The van der Waals surface area contributed by atoms with E-state index in [1.54, 1.807) is 25.2 Å². The van der Waals surface area contributed by atoms with Crippen molar-refractivity contribution in [1.82, 2.24) is 10.6 Å². The first kappa shape index (κ1) is 21.7. The maximum absolute atomic E-state index is 12.5. The van der Waals surface area contributed by atoms with Crippen molar-refractivity contribution in [1.29, 1.82) is 0 Å². The number of ether oxygens (including phenoxy) is 2. The van der Waals surface area contributed by atoms with E-state index in [9.17, 15) is 8.78 Å². The summed E-state index contributed by atoms with van der Waals surface area (Å²) < 4.78 is 34.5. The number of guanidine groups is 1. The lowest BCUT2D eigenvalue weighted by Gasteiger charge is -2.25. The van der Waals surface area contributed by atoms with Gasteiger partial charge >= 0.3 is 6.61 Å². The number of halogens is 3. The summed E-state index contributed by atoms with van der Waals surface area (Å²) in [5, 5.41) is 6.61. The molecule has 0 spiro atoms. The average molecular weight is 469 g/mol. The molecule has 1 saturated carbocycles. The smallest absolute Gasteiger partial charge is 0.387 e. The van der Waals surface area contributed by atoms with Crippen LogP contribution in [0, 0.1) is 0 Å². The largest absolute Gasteiger partial charge is 0.493 e. The molecule has 0 amide bonds. The second-order valence-corrected chi connectivity index (χ2v) is 5.77. The second kappa shape index (κ2) is 11.3. The fraction of sp³-hybridized carbons (Fsp3) is 0.588. The van der Waals surface area contributed by atoms with Crippen molar-refractivity contribution in [2.45, 2.75) is 51.3 Å². The molecule has 0 unspecified atom stereocenters. The molecule has 1 fully saturated rings. The molecule has 0 saturated heterocycles. The third-order valence-corrected chi connectivity index (χ3v) is 4.07. The maximum atomic E-state index is 12.5. The summed E-state index contributed by atoms with van der Waals surface area (Å²) in [5.74, 6) is 1.03. The number of aliphatic imine (C=N–C) groups is 1. The molecule has 142 valence electrons. The molecule has 25 heavy (non-hydrogen) atoms. The van der Waals surface area contributed by atoms with Crippen LogP contribution in [0.1, 0.15) is 37.7 Å². The Morgan fingerprint density at radius 1 is 1.24 bits per heavy atom. The number of hydrogen-bond donors (Lipinski definition) is 2. The molecule has 8 heteroatoms. The summed E-state index contributed by atoms with van der Waals surface area (Å²) in [6.07, 6.45) is 6.07. The Bertz CT molecular complexity index is 553. The van der Waals surface area contributed by atoms with Gasteiger partial charge in [-0.25, -0.2) is 0 Å². The van der Waals surface area contributed by atoms with Gasteiger partial charge in [-0.05, 0) is 30.5 Å². The van der Waals surface area contributed by atoms with Gasteiger partial charge in [0.15, 0.2) is 17.5 Å². The summed E-state index contributed by atoms with van der Waals surface area (Å²) in [6, 6.07) is 5.41. The fourth-order valence-electron chi connectivity index (χ4n) is 2.84. The van der Waals surface area contributed by atoms with Gasteiger partial charge in [0.05, 0.1) is 7.11 Å². The molecular formula is C17H26F2IN3O2. The van der Waals surface area contributed by atoms with Gasteiger partial charge in [0.2, 0.25) is 0 Å². The minimum atomic E-state index is -2.89. The number of methoxy groups -OCH3 is 1. The van der Waals surface area contributed by atoms with Crippen LogP contribution in [0.4, 0.5) is 8.78 Å². The van der Waals surface area contributed by atoms with Crippen LogP contribution in [0.25, 0.3) is 0 Å². The van der Waals surface area contributed by atoms with Crippen LogP contribution < -0.4 is 20.1 Å². The zero-order chi connectivity index (χ0) is 17.4. The predicted molar refractivity (Wildman–Crippen MR) is 105 cm³/mol. The predicted octanol–water partition coefficient (Wildman–Crippen LogP) is 3.91. The van der Waals surface area contributed by atoms with Gasteiger partial charge in [-0.1, -0.05) is 25.3 Å². The summed E-state index contributed by atoms with van der Waals surface area (Å²) in [4.78, 5) is 4.22. The Kier molecular flexibility index (Phi) is 9.84. The van der Waals surface area contributed by atoms with Crippen molar-refractivity contribution < 1.29 is 18.3 Å². The van der Waals surface area contributed by atoms with Gasteiger partial charge in [0.1, 0.15) is 0 Å². The molecule has 2 rings (SSSR count). The molecule has 0 heterocycles. The number of alkyl halides is 2. The third-order valence-electron chi connectivity index (χ3n) is 4.07. The van der Waals surface area contributed by atoms with Gasteiger partial charge in [0.25, 0.3) is 0 Å². The Hall–Kier alpha value is -1.32. The van der Waals surface area contributed by atoms with Crippen LogP contribution in [0.15, 0.2) is 23.2 Å². The molecule has 0 atom stereocenters. The summed E-state index contributed by atoms with van der Waals surface area (Å²) >= 11 is 0.